The first-order valence-corrected chi connectivity index (χ1v) is 6.65. The number of benzene rings is 1. The van der Waals surface area contributed by atoms with E-state index < -0.39 is 24.2 Å². The predicted octanol–water partition coefficient (Wildman–Crippen LogP) is 3.46. The zero-order valence-electron chi connectivity index (χ0n) is 11.7. The average molecular weight is 336 g/mol. The molecule has 0 aromatic heterocycles. The van der Waals surface area contributed by atoms with E-state index in [1.54, 1.807) is 13.8 Å². The molecule has 0 aliphatic carbocycles. The number of alkyl halides is 3. The van der Waals surface area contributed by atoms with Crippen LogP contribution < -0.4 is 10.1 Å². The van der Waals surface area contributed by atoms with Crippen molar-refractivity contribution in [3.63, 3.8) is 0 Å². The molecule has 0 radical (unpaired) electrons. The van der Waals surface area contributed by atoms with Gasteiger partial charge in [-0.25, -0.2) is 0 Å². The molecule has 0 bridgehead atoms. The molecular formula is C14H13ClF3NO3. The fourth-order valence-electron chi connectivity index (χ4n) is 2.03. The summed E-state index contributed by atoms with van der Waals surface area (Å²) in [5.74, 6) is -0.763. The maximum absolute atomic E-state index is 12.1. The van der Waals surface area contributed by atoms with E-state index in [4.69, 9.17) is 11.6 Å². The fraction of sp³-hybridized carbons (Fsp3) is 0.357. The highest BCUT2D eigenvalue weighted by Crippen LogP contribution is 2.36. The molecule has 0 unspecified atom stereocenters. The number of rotatable bonds is 3. The summed E-state index contributed by atoms with van der Waals surface area (Å²) in [5.41, 5.74) is -0.708. The van der Waals surface area contributed by atoms with E-state index in [1.807, 2.05) is 0 Å². The van der Waals surface area contributed by atoms with E-state index in [0.29, 0.717) is 0 Å². The first-order valence-electron chi connectivity index (χ1n) is 6.27. The molecule has 4 nitrogen and oxygen atoms in total. The summed E-state index contributed by atoms with van der Waals surface area (Å²) < 4.78 is 40.9. The van der Waals surface area contributed by atoms with Crippen molar-refractivity contribution in [1.82, 2.24) is 5.32 Å². The number of halogens is 4. The standard InChI is InChI=1S/C14H13ClF3NO3/c1-13(2)11(20)10(12(21)19-13)8-4-3-7(5-9(8)15)22-6-14(16,17)18/h3-5,20H,6H2,1-2H3,(H,19,21). The van der Waals surface area contributed by atoms with Crippen molar-refractivity contribution in [3.05, 3.63) is 34.5 Å². The van der Waals surface area contributed by atoms with Gasteiger partial charge in [0.15, 0.2) is 6.61 Å². The molecule has 0 atom stereocenters. The summed E-state index contributed by atoms with van der Waals surface area (Å²) in [6.45, 7) is 1.79. The Bertz CT molecular complexity index is 653. The molecule has 1 aliphatic heterocycles. The minimum atomic E-state index is -4.46. The number of amides is 1. The van der Waals surface area contributed by atoms with Crippen LogP contribution >= 0.6 is 11.6 Å². The van der Waals surface area contributed by atoms with Crippen LogP contribution in [-0.4, -0.2) is 29.3 Å². The van der Waals surface area contributed by atoms with Gasteiger partial charge in [-0.1, -0.05) is 11.6 Å². The van der Waals surface area contributed by atoms with Gasteiger partial charge in [0, 0.05) is 5.56 Å². The Balaban J connectivity index is 2.31. The number of hydrogen-bond acceptors (Lipinski definition) is 3. The van der Waals surface area contributed by atoms with Gasteiger partial charge in [-0.05, 0) is 32.0 Å². The number of ether oxygens (including phenoxy) is 1. The highest BCUT2D eigenvalue weighted by Gasteiger charge is 2.39. The Kier molecular flexibility index (Phi) is 4.04. The lowest BCUT2D eigenvalue weighted by Gasteiger charge is -2.17. The predicted molar refractivity (Wildman–Crippen MR) is 74.8 cm³/mol. The van der Waals surface area contributed by atoms with Gasteiger partial charge in [0.05, 0.1) is 16.1 Å². The van der Waals surface area contributed by atoms with Crippen LogP contribution in [0.3, 0.4) is 0 Å². The highest BCUT2D eigenvalue weighted by molar-refractivity contribution is 6.35. The summed E-state index contributed by atoms with van der Waals surface area (Å²) in [4.78, 5) is 11.9. The third kappa shape index (κ3) is 3.30. The molecule has 1 aromatic carbocycles. The first kappa shape index (κ1) is 16.5. The third-order valence-electron chi connectivity index (χ3n) is 3.09. The summed E-state index contributed by atoms with van der Waals surface area (Å²) in [6.07, 6.45) is -4.46. The van der Waals surface area contributed by atoms with E-state index in [0.717, 1.165) is 0 Å². The topological polar surface area (TPSA) is 58.6 Å². The van der Waals surface area contributed by atoms with Crippen molar-refractivity contribution in [1.29, 1.82) is 0 Å². The molecule has 1 heterocycles. The Labute approximate surface area is 129 Å². The zero-order chi connectivity index (χ0) is 16.7. The Morgan fingerprint density at radius 3 is 2.45 bits per heavy atom. The Hall–Kier alpha value is -1.89. The second kappa shape index (κ2) is 5.39. The highest BCUT2D eigenvalue weighted by atomic mass is 35.5. The summed E-state index contributed by atoms with van der Waals surface area (Å²) in [5, 5.41) is 12.7. The molecule has 120 valence electrons. The van der Waals surface area contributed by atoms with Gasteiger partial charge >= 0.3 is 6.18 Å². The summed E-state index contributed by atoms with van der Waals surface area (Å²) in [7, 11) is 0. The lowest BCUT2D eigenvalue weighted by molar-refractivity contribution is -0.153. The molecule has 1 amide bonds. The number of hydrogen-bond donors (Lipinski definition) is 2. The van der Waals surface area contributed by atoms with E-state index in [9.17, 15) is 23.1 Å². The first-order chi connectivity index (χ1) is 10.0. The number of carbonyl (C=O) groups is 1. The molecule has 0 saturated heterocycles. The van der Waals surface area contributed by atoms with E-state index in [1.165, 1.54) is 18.2 Å². The summed E-state index contributed by atoms with van der Waals surface area (Å²) >= 11 is 6.00. The van der Waals surface area contributed by atoms with Crippen LogP contribution in [0.25, 0.3) is 5.57 Å². The van der Waals surface area contributed by atoms with Crippen molar-refractivity contribution in [3.8, 4) is 5.75 Å². The maximum atomic E-state index is 12.1. The molecule has 1 aromatic rings. The molecule has 2 N–H and O–H groups in total. The number of carbonyl (C=O) groups excluding carboxylic acids is 1. The normalized spacial score (nSPS) is 17.6. The lowest BCUT2D eigenvalue weighted by atomic mass is 9.99. The number of aliphatic hydroxyl groups is 1. The molecule has 8 heteroatoms. The van der Waals surface area contributed by atoms with Gasteiger partial charge in [-0.2, -0.15) is 13.2 Å². The zero-order valence-corrected chi connectivity index (χ0v) is 12.5. The Morgan fingerprint density at radius 1 is 1.36 bits per heavy atom. The molecule has 0 saturated carbocycles. The number of nitrogens with one attached hydrogen (secondary N) is 1. The monoisotopic (exact) mass is 335 g/mol. The molecule has 0 spiro atoms. The van der Waals surface area contributed by atoms with Crippen molar-refractivity contribution >= 4 is 23.1 Å². The van der Waals surface area contributed by atoms with Crippen LogP contribution in [0.2, 0.25) is 5.02 Å². The second-order valence-corrected chi connectivity index (χ2v) is 5.76. The van der Waals surface area contributed by atoms with E-state index in [2.05, 4.69) is 10.1 Å². The molecule has 2 rings (SSSR count). The van der Waals surface area contributed by atoms with Crippen molar-refractivity contribution < 1.29 is 27.8 Å². The van der Waals surface area contributed by atoms with Crippen molar-refractivity contribution in [2.45, 2.75) is 25.6 Å². The largest absolute Gasteiger partial charge is 0.509 e. The van der Waals surface area contributed by atoms with Crippen LogP contribution in [0.15, 0.2) is 24.0 Å². The Morgan fingerprint density at radius 2 is 2.00 bits per heavy atom. The van der Waals surface area contributed by atoms with Crippen LogP contribution in [0, 0.1) is 0 Å². The van der Waals surface area contributed by atoms with Crippen LogP contribution in [0.5, 0.6) is 5.75 Å². The average Bonchev–Trinajstić information content (AvgIpc) is 2.56. The second-order valence-electron chi connectivity index (χ2n) is 5.35. The lowest BCUT2D eigenvalue weighted by Crippen LogP contribution is -2.38. The van der Waals surface area contributed by atoms with Crippen molar-refractivity contribution in [2.75, 3.05) is 6.61 Å². The van der Waals surface area contributed by atoms with Crippen molar-refractivity contribution in [2.24, 2.45) is 0 Å². The van der Waals surface area contributed by atoms with Gasteiger partial charge in [-0.15, -0.1) is 0 Å². The van der Waals surface area contributed by atoms with E-state index in [-0.39, 0.29) is 27.7 Å². The van der Waals surface area contributed by atoms with Crippen LogP contribution in [0.4, 0.5) is 13.2 Å². The van der Waals surface area contributed by atoms with Gasteiger partial charge in [0.2, 0.25) is 0 Å². The van der Waals surface area contributed by atoms with E-state index >= 15 is 0 Å². The molecule has 22 heavy (non-hydrogen) atoms. The van der Waals surface area contributed by atoms with Gasteiger partial charge in [0.25, 0.3) is 5.91 Å². The fourth-order valence-corrected chi connectivity index (χ4v) is 2.29. The minimum Gasteiger partial charge on any atom is -0.509 e. The quantitative estimate of drug-likeness (QED) is 0.889. The summed E-state index contributed by atoms with van der Waals surface area (Å²) in [6, 6.07) is 3.76. The molecule has 0 fully saturated rings. The third-order valence-corrected chi connectivity index (χ3v) is 3.41. The van der Waals surface area contributed by atoms with Crippen LogP contribution in [-0.2, 0) is 4.79 Å². The van der Waals surface area contributed by atoms with Gasteiger partial charge < -0.3 is 15.2 Å². The SMILES string of the molecule is CC1(C)NC(=O)C(c2ccc(OCC(F)(F)F)cc2Cl)=C1O. The molecular weight excluding hydrogens is 323 g/mol. The maximum Gasteiger partial charge on any atom is 0.422 e. The van der Waals surface area contributed by atoms with Gasteiger partial charge in [-0.3, -0.25) is 4.79 Å². The number of aliphatic hydroxyl groups excluding tert-OH is 1. The van der Waals surface area contributed by atoms with Gasteiger partial charge in [0.1, 0.15) is 11.5 Å². The smallest absolute Gasteiger partial charge is 0.422 e. The van der Waals surface area contributed by atoms with Crippen LogP contribution in [0.1, 0.15) is 19.4 Å². The molecule has 1 aliphatic rings. The minimum absolute atomic E-state index is 0.00243.